The quantitative estimate of drug-likeness (QED) is 0.589. The molecule has 3 fully saturated rings. The molecule has 1 atom stereocenters. The third kappa shape index (κ3) is 5.17. The van der Waals surface area contributed by atoms with Crippen LogP contribution in [0.4, 0.5) is 19.4 Å². The van der Waals surface area contributed by atoms with Crippen molar-refractivity contribution in [2.75, 3.05) is 37.7 Å². The lowest BCUT2D eigenvalue weighted by molar-refractivity contribution is -0.134. The Labute approximate surface area is 219 Å². The number of amides is 3. The van der Waals surface area contributed by atoms with Crippen LogP contribution in [-0.4, -0.2) is 81.7 Å². The summed E-state index contributed by atoms with van der Waals surface area (Å²) in [7, 11) is 1.76. The average molecular weight is 533 g/mol. The number of hydrogen-bond acceptors (Lipinski definition) is 7. The minimum absolute atomic E-state index is 0.107. The van der Waals surface area contributed by atoms with E-state index in [9.17, 15) is 14.4 Å². The van der Waals surface area contributed by atoms with Gasteiger partial charge < -0.3 is 14.5 Å². The summed E-state index contributed by atoms with van der Waals surface area (Å²) in [6, 6.07) is 3.71. The number of ether oxygens (including phenoxy) is 1. The molecule has 0 aromatic carbocycles. The standard InChI is InChI=1S/C26H34F2N6O4/c1-3-38-24(37)34-14-10-26(28,11-15-34)16-25(27)8-12-33(13-9-25)19-6-4-17-21(31-32(2)22(17)29-19)18-5-7-20(35)30-23(18)36/h4,6,18H,3,5,7-16H2,1-2H3,(H,30,35,36). The fourth-order valence-electron chi connectivity index (χ4n) is 5.90. The largest absolute Gasteiger partial charge is 0.450 e. The molecule has 3 aliphatic heterocycles. The maximum atomic E-state index is 15.8. The predicted octanol–water partition coefficient (Wildman–Crippen LogP) is 3.15. The Morgan fingerprint density at radius 2 is 1.76 bits per heavy atom. The second kappa shape index (κ2) is 10.1. The predicted molar refractivity (Wildman–Crippen MR) is 135 cm³/mol. The molecular weight excluding hydrogens is 498 g/mol. The number of aryl methyl sites for hydroxylation is 1. The number of fused-ring (bicyclic) bond motifs is 1. The summed E-state index contributed by atoms with van der Waals surface area (Å²) < 4.78 is 38.0. The summed E-state index contributed by atoms with van der Waals surface area (Å²) in [6.45, 7) is 3.25. The van der Waals surface area contributed by atoms with Crippen molar-refractivity contribution >= 4 is 34.8 Å². The van der Waals surface area contributed by atoms with E-state index in [0.29, 0.717) is 36.7 Å². The zero-order valence-electron chi connectivity index (χ0n) is 21.8. The molecule has 3 aliphatic rings. The van der Waals surface area contributed by atoms with Gasteiger partial charge in [-0.3, -0.25) is 19.6 Å². The first-order valence-corrected chi connectivity index (χ1v) is 13.3. The topological polar surface area (TPSA) is 110 Å². The Morgan fingerprint density at radius 1 is 1.11 bits per heavy atom. The molecule has 3 saturated heterocycles. The molecule has 12 heteroatoms. The highest BCUT2D eigenvalue weighted by Gasteiger charge is 2.46. The highest BCUT2D eigenvalue weighted by molar-refractivity contribution is 6.02. The second-order valence-electron chi connectivity index (χ2n) is 10.7. The van der Waals surface area contributed by atoms with Crippen LogP contribution in [0.5, 0.6) is 0 Å². The van der Waals surface area contributed by atoms with Gasteiger partial charge in [-0.1, -0.05) is 0 Å². The van der Waals surface area contributed by atoms with Gasteiger partial charge in [0.25, 0.3) is 0 Å². The van der Waals surface area contributed by atoms with Crippen LogP contribution in [0, 0.1) is 0 Å². The van der Waals surface area contributed by atoms with Gasteiger partial charge in [-0.05, 0) is 51.2 Å². The molecule has 10 nitrogen and oxygen atoms in total. The van der Waals surface area contributed by atoms with Crippen LogP contribution >= 0.6 is 0 Å². The SMILES string of the molecule is CCOC(=O)N1CCC(F)(CC2(F)CCN(c3ccc4c(C5CCC(=O)NC5=O)nn(C)c4n3)CC2)CC1. The lowest BCUT2D eigenvalue weighted by Crippen LogP contribution is -2.50. The zero-order chi connectivity index (χ0) is 27.1. The number of rotatable bonds is 5. The normalized spacial score (nSPS) is 23.4. The van der Waals surface area contributed by atoms with Gasteiger partial charge in [-0.2, -0.15) is 5.10 Å². The summed E-state index contributed by atoms with van der Waals surface area (Å²) in [6.07, 6.45) is 0.640. The van der Waals surface area contributed by atoms with Crippen molar-refractivity contribution in [3.8, 4) is 0 Å². The number of hydrogen-bond donors (Lipinski definition) is 1. The number of carbonyl (C=O) groups is 3. The van der Waals surface area contributed by atoms with E-state index in [1.165, 1.54) is 4.90 Å². The highest BCUT2D eigenvalue weighted by atomic mass is 19.2. The van der Waals surface area contributed by atoms with Crippen molar-refractivity contribution in [1.29, 1.82) is 0 Å². The monoisotopic (exact) mass is 532 g/mol. The third-order valence-electron chi connectivity index (χ3n) is 8.07. The van der Waals surface area contributed by atoms with Crippen LogP contribution in [0.2, 0.25) is 0 Å². The molecule has 5 heterocycles. The van der Waals surface area contributed by atoms with Crippen LogP contribution in [0.3, 0.4) is 0 Å². The minimum Gasteiger partial charge on any atom is -0.450 e. The number of piperidine rings is 3. The lowest BCUT2D eigenvalue weighted by atomic mass is 9.78. The molecule has 0 bridgehead atoms. The van der Waals surface area contributed by atoms with Crippen molar-refractivity contribution in [3.63, 3.8) is 0 Å². The molecule has 0 radical (unpaired) electrons. The fraction of sp³-hybridized carbons (Fsp3) is 0.654. The van der Waals surface area contributed by atoms with Crippen LogP contribution in [0.1, 0.15) is 63.5 Å². The zero-order valence-corrected chi connectivity index (χ0v) is 21.8. The van der Waals surface area contributed by atoms with Crippen molar-refractivity contribution in [2.24, 2.45) is 7.05 Å². The Morgan fingerprint density at radius 3 is 2.39 bits per heavy atom. The fourth-order valence-corrected chi connectivity index (χ4v) is 5.90. The van der Waals surface area contributed by atoms with Gasteiger partial charge >= 0.3 is 6.09 Å². The number of alkyl halides is 2. The number of aromatic nitrogens is 3. The van der Waals surface area contributed by atoms with E-state index < -0.39 is 23.3 Å². The van der Waals surface area contributed by atoms with E-state index >= 15 is 8.78 Å². The number of anilines is 1. The molecule has 0 aliphatic carbocycles. The van der Waals surface area contributed by atoms with E-state index in [4.69, 9.17) is 9.72 Å². The minimum atomic E-state index is -1.64. The van der Waals surface area contributed by atoms with Gasteiger partial charge in [0.05, 0.1) is 18.2 Å². The Hall–Kier alpha value is -3.31. The number of likely N-dealkylation sites (tertiary alicyclic amines) is 1. The highest BCUT2D eigenvalue weighted by Crippen LogP contribution is 2.42. The van der Waals surface area contributed by atoms with Gasteiger partial charge in [-0.15, -0.1) is 0 Å². The molecule has 0 spiro atoms. The molecule has 2 aromatic heterocycles. The smallest absolute Gasteiger partial charge is 0.409 e. The lowest BCUT2D eigenvalue weighted by Gasteiger charge is -2.43. The van der Waals surface area contributed by atoms with Crippen LogP contribution in [0.15, 0.2) is 12.1 Å². The summed E-state index contributed by atoms with van der Waals surface area (Å²) in [4.78, 5) is 44.0. The summed E-state index contributed by atoms with van der Waals surface area (Å²) >= 11 is 0. The molecule has 38 heavy (non-hydrogen) atoms. The molecule has 2 aromatic rings. The van der Waals surface area contributed by atoms with Crippen molar-refractivity contribution < 1.29 is 27.9 Å². The Bertz CT molecular complexity index is 1230. The summed E-state index contributed by atoms with van der Waals surface area (Å²) in [5, 5.41) is 7.65. The molecule has 1 N–H and O–H groups in total. The summed E-state index contributed by atoms with van der Waals surface area (Å²) in [5.41, 5.74) is -2.06. The first kappa shape index (κ1) is 26.3. The Kier molecular flexibility index (Phi) is 6.99. The Balaban J connectivity index is 1.22. The number of halogens is 2. The van der Waals surface area contributed by atoms with Gasteiger partial charge in [0.2, 0.25) is 11.8 Å². The van der Waals surface area contributed by atoms with Crippen molar-refractivity contribution in [2.45, 2.75) is 69.1 Å². The van der Waals surface area contributed by atoms with Gasteiger partial charge in [0, 0.05) is 51.5 Å². The molecule has 3 amide bonds. The van der Waals surface area contributed by atoms with Crippen molar-refractivity contribution in [1.82, 2.24) is 25.0 Å². The number of nitrogens with one attached hydrogen (secondary N) is 1. The number of nitrogens with zero attached hydrogens (tertiary/aromatic N) is 5. The average Bonchev–Trinajstić information content (AvgIpc) is 3.20. The molecule has 5 rings (SSSR count). The van der Waals surface area contributed by atoms with E-state index in [1.807, 2.05) is 17.0 Å². The van der Waals surface area contributed by atoms with Crippen LogP contribution in [-0.2, 0) is 21.4 Å². The van der Waals surface area contributed by atoms with Crippen LogP contribution < -0.4 is 10.2 Å². The third-order valence-corrected chi connectivity index (χ3v) is 8.07. The van der Waals surface area contributed by atoms with Gasteiger partial charge in [0.15, 0.2) is 5.65 Å². The molecule has 206 valence electrons. The number of carbonyl (C=O) groups excluding carboxylic acids is 3. The van der Waals surface area contributed by atoms with Gasteiger partial charge in [0.1, 0.15) is 17.2 Å². The van der Waals surface area contributed by atoms with E-state index in [1.54, 1.807) is 18.7 Å². The maximum absolute atomic E-state index is 15.8. The maximum Gasteiger partial charge on any atom is 0.409 e. The first-order valence-electron chi connectivity index (χ1n) is 13.3. The summed E-state index contributed by atoms with van der Waals surface area (Å²) in [5.74, 6) is -0.460. The second-order valence-corrected chi connectivity index (χ2v) is 10.7. The molecule has 1 unspecified atom stereocenters. The number of imide groups is 1. The van der Waals surface area contributed by atoms with E-state index in [-0.39, 0.29) is 70.0 Å². The van der Waals surface area contributed by atoms with Crippen LogP contribution in [0.25, 0.3) is 11.0 Å². The van der Waals surface area contributed by atoms with E-state index in [2.05, 4.69) is 10.4 Å². The van der Waals surface area contributed by atoms with E-state index in [0.717, 1.165) is 5.39 Å². The molecule has 0 saturated carbocycles. The first-order chi connectivity index (χ1) is 18.1. The van der Waals surface area contributed by atoms with Crippen molar-refractivity contribution in [3.05, 3.63) is 17.8 Å². The van der Waals surface area contributed by atoms with Gasteiger partial charge in [-0.25, -0.2) is 18.6 Å². The number of pyridine rings is 1. The molecular formula is C26H34F2N6O4.